The first-order valence-corrected chi connectivity index (χ1v) is 7.04. The molecule has 3 rings (SSSR count). The van der Waals surface area contributed by atoms with Gasteiger partial charge in [-0.1, -0.05) is 5.92 Å². The number of H-pyrrole nitrogens is 1. The number of terminal acetylenes is 1. The van der Waals surface area contributed by atoms with Gasteiger partial charge in [0.1, 0.15) is 17.6 Å². The summed E-state index contributed by atoms with van der Waals surface area (Å²) in [4.78, 5) is 18.0. The number of hydrogen-bond donors (Lipinski definition) is 5. The van der Waals surface area contributed by atoms with Gasteiger partial charge in [-0.3, -0.25) is 14.3 Å². The van der Waals surface area contributed by atoms with Crippen LogP contribution in [0.3, 0.4) is 0 Å². The monoisotopic (exact) mass is 337 g/mol. The van der Waals surface area contributed by atoms with Crippen molar-refractivity contribution in [3.63, 3.8) is 0 Å². The summed E-state index contributed by atoms with van der Waals surface area (Å²) in [6.45, 7) is 1.39. The molecule has 9 nitrogen and oxygen atoms in total. The minimum Gasteiger partial charge on any atom is -0.391 e. The Bertz CT molecular complexity index is 901. The molecule has 1 aliphatic heterocycles. The fraction of sp³-hybridized carbons (Fsp3) is 0.429. The molecule has 1 unspecified atom stereocenters. The maximum atomic E-state index is 14.2. The predicted molar refractivity (Wildman–Crippen MR) is 82.1 cm³/mol. The highest BCUT2D eigenvalue weighted by molar-refractivity contribution is 5.77. The van der Waals surface area contributed by atoms with Crippen LogP contribution in [-0.2, 0) is 4.74 Å². The van der Waals surface area contributed by atoms with Crippen molar-refractivity contribution in [2.24, 2.45) is 5.73 Å². The third-order valence-electron chi connectivity index (χ3n) is 4.13. The number of rotatable bonds is 2. The zero-order valence-corrected chi connectivity index (χ0v) is 12.6. The molecule has 0 aliphatic carbocycles. The molecule has 128 valence electrons. The van der Waals surface area contributed by atoms with Gasteiger partial charge in [-0.15, -0.1) is 6.42 Å². The van der Waals surface area contributed by atoms with E-state index in [1.807, 2.05) is 0 Å². The van der Waals surface area contributed by atoms with Gasteiger partial charge < -0.3 is 26.4 Å². The molecule has 0 amide bonds. The maximum absolute atomic E-state index is 14.2. The van der Waals surface area contributed by atoms with Crippen molar-refractivity contribution in [3.8, 4) is 12.3 Å². The second-order valence-electron chi connectivity index (χ2n) is 5.75. The number of halogens is 1. The van der Waals surface area contributed by atoms with Crippen molar-refractivity contribution in [3.05, 3.63) is 22.4 Å². The highest BCUT2D eigenvalue weighted by Crippen LogP contribution is 2.39. The molecule has 2 aromatic heterocycles. The molecule has 1 saturated heterocycles. The Morgan fingerprint density at radius 1 is 1.67 bits per heavy atom. The molecule has 0 spiro atoms. The smallest absolute Gasteiger partial charge is 0.264 e. The number of aromatic amines is 1. The Morgan fingerprint density at radius 3 is 2.92 bits per heavy atom. The number of fused-ring (bicyclic) bond motifs is 1. The van der Waals surface area contributed by atoms with Crippen LogP contribution >= 0.6 is 0 Å². The second kappa shape index (κ2) is 5.29. The van der Waals surface area contributed by atoms with Gasteiger partial charge in [-0.2, -0.15) is 4.98 Å². The average molecular weight is 337 g/mol. The summed E-state index contributed by atoms with van der Waals surface area (Å²) in [7, 11) is 0. The van der Waals surface area contributed by atoms with E-state index in [1.165, 1.54) is 6.92 Å². The fourth-order valence-corrected chi connectivity index (χ4v) is 2.89. The lowest BCUT2D eigenvalue weighted by molar-refractivity contribution is -0.0756. The van der Waals surface area contributed by atoms with Crippen molar-refractivity contribution in [2.45, 2.75) is 37.0 Å². The minimum atomic E-state index is -1.78. The normalized spacial score (nSPS) is 31.2. The largest absolute Gasteiger partial charge is 0.391 e. The highest BCUT2D eigenvalue weighted by atomic mass is 19.1. The molecular formula is C14H16FN5O4. The molecule has 5 atom stereocenters. The van der Waals surface area contributed by atoms with Crippen molar-refractivity contribution in [2.75, 3.05) is 5.73 Å². The summed E-state index contributed by atoms with van der Waals surface area (Å²) in [5.41, 5.74) is 8.88. The van der Waals surface area contributed by atoms with Gasteiger partial charge in [0.05, 0.1) is 6.10 Å². The molecule has 0 radical (unpaired) electrons. The molecular weight excluding hydrogens is 321 g/mol. The summed E-state index contributed by atoms with van der Waals surface area (Å²) in [5.74, 6) is 1.12. The molecule has 10 heteroatoms. The van der Waals surface area contributed by atoms with Gasteiger partial charge in [0.2, 0.25) is 5.95 Å². The number of nitrogens with zero attached hydrogens (tertiary/aromatic N) is 2. The topological polar surface area (TPSA) is 152 Å². The van der Waals surface area contributed by atoms with Gasteiger partial charge in [-0.05, 0) is 6.92 Å². The lowest BCUT2D eigenvalue weighted by Crippen LogP contribution is -2.54. The van der Waals surface area contributed by atoms with E-state index in [4.69, 9.17) is 22.6 Å². The average Bonchev–Trinajstić information content (AvgIpc) is 2.95. The Labute approximate surface area is 135 Å². The quantitative estimate of drug-likeness (QED) is 0.414. The third-order valence-corrected chi connectivity index (χ3v) is 4.13. The molecule has 24 heavy (non-hydrogen) atoms. The van der Waals surface area contributed by atoms with Crippen LogP contribution in [0.2, 0.25) is 0 Å². The SMILES string of the molecule is C#CC1(N)[C@@H](O)[C@@H]([C@H](C)O)O[C@H]1n1cc(F)c2c(=O)[nH]c(N)nc21. The minimum absolute atomic E-state index is 0.137. The fourth-order valence-electron chi connectivity index (χ4n) is 2.89. The summed E-state index contributed by atoms with van der Waals surface area (Å²) in [5, 5.41) is 19.7. The number of aromatic nitrogens is 3. The van der Waals surface area contributed by atoms with Crippen LogP contribution in [0.5, 0.6) is 0 Å². The van der Waals surface area contributed by atoms with Gasteiger partial charge >= 0.3 is 0 Å². The van der Waals surface area contributed by atoms with Crippen LogP contribution < -0.4 is 17.0 Å². The van der Waals surface area contributed by atoms with Gasteiger partial charge in [0, 0.05) is 6.20 Å². The number of nitrogen functional groups attached to an aromatic ring is 1. The van der Waals surface area contributed by atoms with Crippen LogP contribution in [0.4, 0.5) is 10.3 Å². The van der Waals surface area contributed by atoms with E-state index >= 15 is 0 Å². The standard InChI is InChI=1S/C14H16FN5O4/c1-3-14(17)9(22)8(5(2)21)24-12(14)20-4-6(15)7-10(20)18-13(16)19-11(7)23/h1,4-5,8-9,12,21-22H,17H2,2H3,(H3,16,18,19,23)/t5-,8+,9-,12+,14?/m0/s1. The Kier molecular flexibility index (Phi) is 3.61. The number of aliphatic hydroxyl groups is 2. The zero-order chi connectivity index (χ0) is 17.8. The zero-order valence-electron chi connectivity index (χ0n) is 12.6. The predicted octanol–water partition coefficient (Wildman–Crippen LogP) is -1.58. The summed E-state index contributed by atoms with van der Waals surface area (Å²) in [6, 6.07) is 0. The van der Waals surface area contributed by atoms with E-state index in [1.54, 1.807) is 0 Å². The summed E-state index contributed by atoms with van der Waals surface area (Å²) in [6.07, 6.45) is 1.50. The number of nitrogens with two attached hydrogens (primary N) is 2. The van der Waals surface area contributed by atoms with Crippen LogP contribution in [0.15, 0.2) is 11.0 Å². The summed E-state index contributed by atoms with van der Waals surface area (Å²) >= 11 is 0. The first-order valence-electron chi connectivity index (χ1n) is 7.04. The lowest BCUT2D eigenvalue weighted by atomic mass is 9.90. The Morgan fingerprint density at radius 2 is 2.33 bits per heavy atom. The van der Waals surface area contributed by atoms with Gasteiger partial charge in [-0.25, -0.2) is 4.39 Å². The van der Waals surface area contributed by atoms with Crippen molar-refractivity contribution in [1.29, 1.82) is 0 Å². The molecule has 2 aromatic rings. The van der Waals surface area contributed by atoms with Crippen LogP contribution in [0, 0.1) is 18.2 Å². The van der Waals surface area contributed by atoms with Gasteiger partial charge in [0.15, 0.2) is 23.2 Å². The number of ether oxygens (including phenoxy) is 1. The van der Waals surface area contributed by atoms with E-state index in [-0.39, 0.29) is 17.0 Å². The molecule has 3 heterocycles. The highest BCUT2D eigenvalue weighted by Gasteiger charge is 2.55. The molecule has 0 saturated carbocycles. The van der Waals surface area contributed by atoms with Crippen LogP contribution in [-0.4, -0.2) is 48.6 Å². The van der Waals surface area contributed by atoms with Crippen LogP contribution in [0.1, 0.15) is 13.2 Å². The number of nitrogens with one attached hydrogen (secondary N) is 1. The second-order valence-corrected chi connectivity index (χ2v) is 5.75. The third kappa shape index (κ3) is 2.10. The van der Waals surface area contributed by atoms with Gasteiger partial charge in [0.25, 0.3) is 5.56 Å². The van der Waals surface area contributed by atoms with E-state index in [0.717, 1.165) is 10.8 Å². The van der Waals surface area contributed by atoms with Crippen molar-refractivity contribution < 1.29 is 19.3 Å². The molecule has 0 aromatic carbocycles. The van der Waals surface area contributed by atoms with E-state index in [9.17, 15) is 19.4 Å². The first kappa shape index (κ1) is 16.4. The van der Waals surface area contributed by atoms with E-state index in [0.29, 0.717) is 0 Å². The first-order chi connectivity index (χ1) is 11.2. The Balaban J connectivity index is 2.24. The number of anilines is 1. The molecule has 7 N–H and O–H groups in total. The molecule has 1 fully saturated rings. The maximum Gasteiger partial charge on any atom is 0.264 e. The lowest BCUT2D eigenvalue weighted by Gasteiger charge is -2.27. The number of aliphatic hydroxyl groups excluding tert-OH is 2. The van der Waals surface area contributed by atoms with E-state index < -0.39 is 41.5 Å². The number of hydrogen-bond acceptors (Lipinski definition) is 7. The van der Waals surface area contributed by atoms with Crippen LogP contribution in [0.25, 0.3) is 11.0 Å². The molecule has 1 aliphatic rings. The van der Waals surface area contributed by atoms with Crippen molar-refractivity contribution >= 4 is 17.0 Å². The van der Waals surface area contributed by atoms with Crippen molar-refractivity contribution in [1.82, 2.24) is 14.5 Å². The Hall–Kier alpha value is -2.45. The summed E-state index contributed by atoms with van der Waals surface area (Å²) < 4.78 is 20.8. The molecule has 0 bridgehead atoms. The van der Waals surface area contributed by atoms with E-state index in [2.05, 4.69) is 15.9 Å².